The maximum atomic E-state index is 13.4. The summed E-state index contributed by atoms with van der Waals surface area (Å²) in [6.07, 6.45) is 1.98. The number of halogens is 1. The monoisotopic (exact) mass is 357 g/mol. The summed E-state index contributed by atoms with van der Waals surface area (Å²) in [7, 11) is 1.90. The fraction of sp³-hybridized carbons (Fsp3) is 0.0909. The van der Waals surface area contributed by atoms with Gasteiger partial charge in [-0.3, -0.25) is 9.48 Å². The summed E-state index contributed by atoms with van der Waals surface area (Å²) < 4.78 is 15.2. The predicted molar refractivity (Wildman–Crippen MR) is 103 cm³/mol. The van der Waals surface area contributed by atoms with Crippen molar-refractivity contribution in [2.75, 3.05) is 0 Å². The molecule has 0 radical (unpaired) electrons. The molecule has 1 N–H and O–H groups in total. The van der Waals surface area contributed by atoms with Crippen molar-refractivity contribution in [3.05, 3.63) is 77.7 Å². The molecule has 0 fully saturated rings. The Labute approximate surface area is 155 Å². The molecule has 4 nitrogen and oxygen atoms in total. The zero-order valence-corrected chi connectivity index (χ0v) is 14.7. The molecule has 132 valence electrons. The Balaban J connectivity index is 1.76. The molecule has 3 aromatic carbocycles. The van der Waals surface area contributed by atoms with Crippen LogP contribution in [0.1, 0.15) is 15.9 Å². The summed E-state index contributed by atoms with van der Waals surface area (Å²) in [5.41, 5.74) is 6.36. The van der Waals surface area contributed by atoms with Crippen LogP contribution in [-0.4, -0.2) is 15.7 Å². The van der Waals surface area contributed by atoms with Crippen molar-refractivity contribution in [3.63, 3.8) is 0 Å². The molecule has 27 heavy (non-hydrogen) atoms. The number of carbonyl (C=O) groups is 1. The molecule has 0 aliphatic carbocycles. The van der Waals surface area contributed by atoms with Gasteiger partial charge >= 0.3 is 0 Å². The van der Waals surface area contributed by atoms with Crippen molar-refractivity contribution in [2.45, 2.75) is 6.54 Å². The Kier molecular flexibility index (Phi) is 3.37. The van der Waals surface area contributed by atoms with Crippen LogP contribution in [0.25, 0.3) is 33.2 Å². The van der Waals surface area contributed by atoms with Gasteiger partial charge in [0.15, 0.2) is 0 Å². The van der Waals surface area contributed by atoms with Gasteiger partial charge in [0.05, 0.1) is 5.52 Å². The molecular formula is C22H16FN3O. The second-order valence-corrected chi connectivity index (χ2v) is 6.82. The number of aromatic nitrogens is 2. The van der Waals surface area contributed by atoms with Crippen LogP contribution < -0.4 is 5.32 Å². The number of rotatable bonds is 2. The highest BCUT2D eigenvalue weighted by Crippen LogP contribution is 2.37. The Morgan fingerprint density at radius 1 is 0.963 bits per heavy atom. The fourth-order valence-corrected chi connectivity index (χ4v) is 3.69. The molecule has 0 bridgehead atoms. The lowest BCUT2D eigenvalue weighted by Crippen LogP contribution is -2.12. The number of amides is 1. The summed E-state index contributed by atoms with van der Waals surface area (Å²) in [6, 6.07) is 16.5. The first kappa shape index (κ1) is 15.8. The highest BCUT2D eigenvalue weighted by Gasteiger charge is 2.22. The third kappa shape index (κ3) is 2.59. The zero-order chi connectivity index (χ0) is 18.5. The summed E-state index contributed by atoms with van der Waals surface area (Å²) >= 11 is 0. The summed E-state index contributed by atoms with van der Waals surface area (Å²) in [5, 5.41) is 8.44. The molecule has 2 heterocycles. The first-order valence-corrected chi connectivity index (χ1v) is 8.73. The molecule has 4 aromatic rings. The van der Waals surface area contributed by atoms with E-state index in [1.165, 1.54) is 12.1 Å². The fourth-order valence-electron chi connectivity index (χ4n) is 3.69. The maximum absolute atomic E-state index is 13.4. The lowest BCUT2D eigenvalue weighted by molar-refractivity contribution is 0.0966. The van der Waals surface area contributed by atoms with Gasteiger partial charge in [0.25, 0.3) is 5.91 Å². The van der Waals surface area contributed by atoms with Crippen molar-refractivity contribution >= 4 is 16.8 Å². The van der Waals surface area contributed by atoms with E-state index in [1.807, 2.05) is 31.4 Å². The van der Waals surface area contributed by atoms with Crippen molar-refractivity contribution in [3.8, 4) is 22.3 Å². The van der Waals surface area contributed by atoms with Gasteiger partial charge in [-0.25, -0.2) is 4.39 Å². The number of nitrogens with zero attached hydrogens (tertiary/aromatic N) is 2. The van der Waals surface area contributed by atoms with E-state index in [-0.39, 0.29) is 11.7 Å². The Bertz CT molecular complexity index is 1210. The quantitative estimate of drug-likeness (QED) is 0.582. The van der Waals surface area contributed by atoms with E-state index in [2.05, 4.69) is 22.5 Å². The molecule has 0 atom stereocenters. The predicted octanol–water partition coefficient (Wildman–Crippen LogP) is 4.29. The van der Waals surface area contributed by atoms with Crippen molar-refractivity contribution in [1.29, 1.82) is 0 Å². The van der Waals surface area contributed by atoms with Crippen LogP contribution in [0.4, 0.5) is 4.39 Å². The zero-order valence-electron chi connectivity index (χ0n) is 14.7. The number of carbonyl (C=O) groups excluding carboxylic acids is 1. The highest BCUT2D eigenvalue weighted by molar-refractivity contribution is 6.02. The van der Waals surface area contributed by atoms with E-state index >= 15 is 0 Å². The van der Waals surface area contributed by atoms with Crippen molar-refractivity contribution < 1.29 is 9.18 Å². The molecule has 1 amide bonds. The van der Waals surface area contributed by atoms with Gasteiger partial charge in [-0.15, -0.1) is 0 Å². The maximum Gasteiger partial charge on any atom is 0.251 e. The van der Waals surface area contributed by atoms with Gasteiger partial charge in [0.1, 0.15) is 5.82 Å². The normalized spacial score (nSPS) is 13.0. The average Bonchev–Trinajstić information content (AvgIpc) is 3.22. The molecular weight excluding hydrogens is 341 g/mol. The van der Waals surface area contributed by atoms with Gasteiger partial charge in [-0.05, 0) is 58.1 Å². The summed E-state index contributed by atoms with van der Waals surface area (Å²) in [5.74, 6) is -0.353. The molecule has 0 unspecified atom stereocenters. The van der Waals surface area contributed by atoms with E-state index in [0.29, 0.717) is 12.1 Å². The van der Waals surface area contributed by atoms with Crippen LogP contribution in [0.15, 0.2) is 60.8 Å². The second-order valence-electron chi connectivity index (χ2n) is 6.82. The van der Waals surface area contributed by atoms with E-state index in [0.717, 1.165) is 38.7 Å². The van der Waals surface area contributed by atoms with Crippen LogP contribution in [-0.2, 0) is 13.6 Å². The molecule has 0 saturated carbocycles. The molecule has 5 heteroatoms. The average molecular weight is 357 g/mol. The SMILES string of the molecule is Cn1cc2ccc(-c3cc4c(cc3-c3ccc(F)cc3)C(=O)NC4)cc2n1. The van der Waals surface area contributed by atoms with Crippen LogP contribution in [0.5, 0.6) is 0 Å². The van der Waals surface area contributed by atoms with Gasteiger partial charge in [0.2, 0.25) is 0 Å². The van der Waals surface area contributed by atoms with E-state index in [1.54, 1.807) is 16.8 Å². The van der Waals surface area contributed by atoms with Crippen molar-refractivity contribution in [1.82, 2.24) is 15.1 Å². The second kappa shape index (κ2) is 5.77. The topological polar surface area (TPSA) is 46.9 Å². The number of aryl methyl sites for hydroxylation is 1. The van der Waals surface area contributed by atoms with Gasteiger partial charge in [-0.2, -0.15) is 5.10 Å². The number of nitrogens with one attached hydrogen (secondary N) is 1. The Hall–Kier alpha value is -3.47. The number of hydrogen-bond donors (Lipinski definition) is 1. The van der Waals surface area contributed by atoms with Crippen LogP contribution >= 0.6 is 0 Å². The van der Waals surface area contributed by atoms with E-state index in [4.69, 9.17) is 0 Å². The smallest absolute Gasteiger partial charge is 0.251 e. The third-order valence-electron chi connectivity index (χ3n) is 5.02. The minimum Gasteiger partial charge on any atom is -0.348 e. The first-order chi connectivity index (χ1) is 13.1. The molecule has 5 rings (SSSR count). The molecule has 0 saturated heterocycles. The van der Waals surface area contributed by atoms with Crippen LogP contribution in [0.2, 0.25) is 0 Å². The lowest BCUT2D eigenvalue weighted by atomic mass is 9.90. The first-order valence-electron chi connectivity index (χ1n) is 8.73. The molecule has 1 aliphatic rings. The third-order valence-corrected chi connectivity index (χ3v) is 5.02. The minimum absolute atomic E-state index is 0.0694. The van der Waals surface area contributed by atoms with Gasteiger partial charge < -0.3 is 5.32 Å². The Morgan fingerprint density at radius 3 is 2.52 bits per heavy atom. The largest absolute Gasteiger partial charge is 0.348 e. The molecule has 1 aliphatic heterocycles. The number of hydrogen-bond acceptors (Lipinski definition) is 2. The van der Waals surface area contributed by atoms with Gasteiger partial charge in [-0.1, -0.05) is 24.3 Å². The number of fused-ring (bicyclic) bond motifs is 2. The van der Waals surface area contributed by atoms with Crippen LogP contribution in [0.3, 0.4) is 0 Å². The van der Waals surface area contributed by atoms with Gasteiger partial charge in [0, 0.05) is 30.7 Å². The molecule has 0 spiro atoms. The Morgan fingerprint density at radius 2 is 1.70 bits per heavy atom. The van der Waals surface area contributed by atoms with E-state index in [9.17, 15) is 9.18 Å². The lowest BCUT2D eigenvalue weighted by Gasteiger charge is -2.13. The van der Waals surface area contributed by atoms with Crippen LogP contribution in [0, 0.1) is 5.82 Å². The standard InChI is InChI=1S/C22H16FN3O/c1-26-12-15-3-2-14(9-21(15)25-26)18-8-16-11-24-22(27)20(16)10-19(18)13-4-6-17(23)7-5-13/h2-10,12H,11H2,1H3,(H,24,27). The summed E-state index contributed by atoms with van der Waals surface area (Å²) in [6.45, 7) is 0.524. The molecule has 1 aromatic heterocycles. The van der Waals surface area contributed by atoms with E-state index < -0.39 is 0 Å². The number of benzene rings is 3. The van der Waals surface area contributed by atoms with Crippen molar-refractivity contribution in [2.24, 2.45) is 7.05 Å². The minimum atomic E-state index is -0.283. The summed E-state index contributed by atoms with van der Waals surface area (Å²) in [4.78, 5) is 12.1. The highest BCUT2D eigenvalue weighted by atomic mass is 19.1.